The average Bonchev–Trinajstić information content (AvgIpc) is 2.29. The second kappa shape index (κ2) is 6.10. The molecule has 106 valence electrons. The quantitative estimate of drug-likeness (QED) is 0.656. The van der Waals surface area contributed by atoms with Gasteiger partial charge in [0.25, 0.3) is 0 Å². The molecule has 1 unspecified atom stereocenters. The molecule has 1 N–H and O–H groups in total. The summed E-state index contributed by atoms with van der Waals surface area (Å²) in [5.74, 6) is -0.322. The lowest BCUT2D eigenvalue weighted by molar-refractivity contribution is -0.387. The molecule has 4 nitrogen and oxygen atoms in total. The highest BCUT2D eigenvalue weighted by Gasteiger charge is 2.20. The molecule has 1 rings (SSSR count). The molecule has 0 heterocycles. The Labute approximate surface area is 113 Å². The number of nitro benzene ring substituents is 1. The first-order valence-corrected chi connectivity index (χ1v) is 6.36. The molecule has 0 radical (unpaired) electrons. The molecule has 19 heavy (non-hydrogen) atoms. The molecule has 0 spiro atoms. The number of rotatable bonds is 5. The minimum absolute atomic E-state index is 0.175. The Morgan fingerprint density at radius 3 is 2.58 bits per heavy atom. The number of benzene rings is 1. The SMILES string of the molecule is CC(CNCc1cccc([N+](=O)[O-])c1F)C(C)(C)C. The van der Waals surface area contributed by atoms with Crippen LogP contribution in [0.1, 0.15) is 33.3 Å². The third-order valence-corrected chi connectivity index (χ3v) is 3.50. The van der Waals surface area contributed by atoms with Crippen molar-refractivity contribution >= 4 is 5.69 Å². The molecule has 0 aliphatic carbocycles. The van der Waals surface area contributed by atoms with Crippen LogP contribution in [-0.2, 0) is 6.54 Å². The van der Waals surface area contributed by atoms with Gasteiger partial charge in [0.1, 0.15) is 0 Å². The molecule has 0 aromatic heterocycles. The van der Waals surface area contributed by atoms with Crippen molar-refractivity contribution in [3.63, 3.8) is 0 Å². The van der Waals surface area contributed by atoms with Crippen LogP contribution in [0.4, 0.5) is 10.1 Å². The van der Waals surface area contributed by atoms with E-state index in [1.807, 2.05) is 0 Å². The fourth-order valence-corrected chi connectivity index (χ4v) is 1.57. The topological polar surface area (TPSA) is 55.2 Å². The van der Waals surface area contributed by atoms with Crippen LogP contribution < -0.4 is 5.32 Å². The van der Waals surface area contributed by atoms with Gasteiger partial charge in [0.05, 0.1) is 4.92 Å². The van der Waals surface area contributed by atoms with E-state index in [2.05, 4.69) is 33.0 Å². The number of hydrogen-bond donors (Lipinski definition) is 1. The van der Waals surface area contributed by atoms with Gasteiger partial charge in [-0.3, -0.25) is 10.1 Å². The zero-order chi connectivity index (χ0) is 14.6. The van der Waals surface area contributed by atoms with Gasteiger partial charge >= 0.3 is 5.69 Å². The summed E-state index contributed by atoms with van der Waals surface area (Å²) in [7, 11) is 0. The molecule has 1 aromatic carbocycles. The van der Waals surface area contributed by atoms with Gasteiger partial charge in [0.2, 0.25) is 5.82 Å². The minimum atomic E-state index is -0.747. The molecule has 1 aromatic rings. The van der Waals surface area contributed by atoms with Crippen LogP contribution in [0.3, 0.4) is 0 Å². The Morgan fingerprint density at radius 2 is 2.05 bits per heavy atom. The number of halogens is 1. The Bertz CT molecular complexity index is 455. The molecule has 0 aliphatic rings. The van der Waals surface area contributed by atoms with Crippen LogP contribution in [0, 0.1) is 27.3 Å². The van der Waals surface area contributed by atoms with Gasteiger partial charge in [0.15, 0.2) is 0 Å². The van der Waals surface area contributed by atoms with Gasteiger partial charge in [-0.1, -0.05) is 39.8 Å². The van der Waals surface area contributed by atoms with Gasteiger partial charge < -0.3 is 5.32 Å². The molecule has 0 saturated heterocycles. The highest BCUT2D eigenvalue weighted by molar-refractivity contribution is 5.36. The summed E-state index contributed by atoms with van der Waals surface area (Å²) in [6.07, 6.45) is 0. The smallest absolute Gasteiger partial charge is 0.305 e. The Morgan fingerprint density at radius 1 is 1.42 bits per heavy atom. The van der Waals surface area contributed by atoms with Crippen molar-refractivity contribution < 1.29 is 9.31 Å². The minimum Gasteiger partial charge on any atom is -0.312 e. The van der Waals surface area contributed by atoms with E-state index >= 15 is 0 Å². The second-order valence-electron chi connectivity index (χ2n) is 5.91. The lowest BCUT2D eigenvalue weighted by Gasteiger charge is -2.27. The molecule has 0 amide bonds. The third-order valence-electron chi connectivity index (χ3n) is 3.50. The Balaban J connectivity index is 2.64. The average molecular weight is 268 g/mol. The summed E-state index contributed by atoms with van der Waals surface area (Å²) in [5, 5.41) is 13.8. The summed E-state index contributed by atoms with van der Waals surface area (Å²) in [4.78, 5) is 9.93. The van der Waals surface area contributed by atoms with Gasteiger partial charge in [-0.2, -0.15) is 4.39 Å². The van der Waals surface area contributed by atoms with Crippen LogP contribution in [0.15, 0.2) is 18.2 Å². The normalized spacial score (nSPS) is 13.3. The van der Waals surface area contributed by atoms with E-state index < -0.39 is 16.4 Å². The second-order valence-corrected chi connectivity index (χ2v) is 5.91. The third kappa shape index (κ3) is 4.28. The maximum Gasteiger partial charge on any atom is 0.305 e. The summed E-state index contributed by atoms with van der Waals surface area (Å²) in [6.45, 7) is 9.60. The summed E-state index contributed by atoms with van der Waals surface area (Å²) >= 11 is 0. The largest absolute Gasteiger partial charge is 0.312 e. The fraction of sp³-hybridized carbons (Fsp3) is 0.571. The fourth-order valence-electron chi connectivity index (χ4n) is 1.57. The lowest BCUT2D eigenvalue weighted by atomic mass is 9.82. The zero-order valence-electron chi connectivity index (χ0n) is 11.9. The first-order chi connectivity index (χ1) is 8.73. The van der Waals surface area contributed by atoms with Crippen molar-refractivity contribution in [2.24, 2.45) is 11.3 Å². The van der Waals surface area contributed by atoms with E-state index in [0.717, 1.165) is 6.54 Å². The predicted octanol–water partition coefficient (Wildman–Crippen LogP) is 3.51. The maximum absolute atomic E-state index is 13.8. The van der Waals surface area contributed by atoms with Crippen LogP contribution in [-0.4, -0.2) is 11.5 Å². The maximum atomic E-state index is 13.8. The highest BCUT2D eigenvalue weighted by atomic mass is 19.1. The van der Waals surface area contributed by atoms with Crippen molar-refractivity contribution in [3.05, 3.63) is 39.7 Å². The molecular weight excluding hydrogens is 247 g/mol. The molecule has 0 bridgehead atoms. The summed E-state index contributed by atoms with van der Waals surface area (Å²) in [6, 6.07) is 4.25. The van der Waals surface area contributed by atoms with Crippen molar-refractivity contribution in [2.75, 3.05) is 6.54 Å². The van der Waals surface area contributed by atoms with E-state index in [-0.39, 0.29) is 5.41 Å². The van der Waals surface area contributed by atoms with Gasteiger partial charge in [-0.15, -0.1) is 0 Å². The van der Waals surface area contributed by atoms with Crippen molar-refractivity contribution in [1.29, 1.82) is 0 Å². The molecule has 1 atom stereocenters. The zero-order valence-corrected chi connectivity index (χ0v) is 11.9. The Kier molecular flexibility index (Phi) is 5.00. The van der Waals surface area contributed by atoms with Crippen LogP contribution in [0.25, 0.3) is 0 Å². The number of hydrogen-bond acceptors (Lipinski definition) is 3. The first kappa shape index (κ1) is 15.6. The molecular formula is C14H21FN2O2. The van der Waals surface area contributed by atoms with E-state index in [1.165, 1.54) is 12.1 Å². The monoisotopic (exact) mass is 268 g/mol. The number of nitrogens with zero attached hydrogens (tertiary/aromatic N) is 1. The van der Waals surface area contributed by atoms with Gasteiger partial charge in [0, 0.05) is 18.2 Å². The summed E-state index contributed by atoms with van der Waals surface area (Å²) < 4.78 is 13.8. The number of nitrogens with one attached hydrogen (secondary N) is 1. The van der Waals surface area contributed by atoms with Crippen molar-refractivity contribution in [3.8, 4) is 0 Å². The molecule has 0 saturated carbocycles. The van der Waals surface area contributed by atoms with Gasteiger partial charge in [-0.05, 0) is 17.9 Å². The van der Waals surface area contributed by atoms with E-state index in [4.69, 9.17) is 0 Å². The van der Waals surface area contributed by atoms with Crippen molar-refractivity contribution in [1.82, 2.24) is 5.32 Å². The van der Waals surface area contributed by atoms with Gasteiger partial charge in [-0.25, -0.2) is 0 Å². The van der Waals surface area contributed by atoms with Crippen molar-refractivity contribution in [2.45, 2.75) is 34.2 Å². The van der Waals surface area contributed by atoms with E-state index in [1.54, 1.807) is 6.07 Å². The summed E-state index contributed by atoms with van der Waals surface area (Å²) in [5.41, 5.74) is 0.0345. The molecule has 0 fully saturated rings. The molecule has 0 aliphatic heterocycles. The molecule has 5 heteroatoms. The van der Waals surface area contributed by atoms with Crippen LogP contribution in [0.2, 0.25) is 0 Å². The van der Waals surface area contributed by atoms with E-state index in [9.17, 15) is 14.5 Å². The first-order valence-electron chi connectivity index (χ1n) is 6.36. The van der Waals surface area contributed by atoms with E-state index in [0.29, 0.717) is 18.0 Å². The number of nitro groups is 1. The highest BCUT2D eigenvalue weighted by Crippen LogP contribution is 2.25. The Hall–Kier alpha value is -1.49. The van der Waals surface area contributed by atoms with Crippen LogP contribution >= 0.6 is 0 Å². The van der Waals surface area contributed by atoms with Crippen LogP contribution in [0.5, 0.6) is 0 Å². The standard InChI is InChI=1S/C14H21FN2O2/c1-10(14(2,3)4)8-16-9-11-6-5-7-12(13(11)15)17(18)19/h5-7,10,16H,8-9H2,1-4H3. The lowest BCUT2D eigenvalue weighted by Crippen LogP contribution is -2.29. The predicted molar refractivity (Wildman–Crippen MR) is 73.4 cm³/mol.